The normalized spacial score (nSPS) is 15.3. The second-order valence-corrected chi connectivity index (χ2v) is 9.82. The zero-order valence-electron chi connectivity index (χ0n) is 18.6. The molecule has 0 unspecified atom stereocenters. The lowest BCUT2D eigenvalue weighted by atomic mass is 10.0. The van der Waals surface area contributed by atoms with E-state index in [9.17, 15) is 26.4 Å². The van der Waals surface area contributed by atoms with Crippen LogP contribution in [0, 0.1) is 0 Å². The van der Waals surface area contributed by atoms with Gasteiger partial charge in [0.2, 0.25) is 10.0 Å². The summed E-state index contributed by atoms with van der Waals surface area (Å²) in [5, 5.41) is 11.5. The average Bonchev–Trinajstić information content (AvgIpc) is 3.26. The summed E-state index contributed by atoms with van der Waals surface area (Å²) in [6.45, 7) is 1.37. The summed E-state index contributed by atoms with van der Waals surface area (Å²) in [4.78, 5) is 16.0. The minimum absolute atomic E-state index is 0.0712. The molecule has 3 heterocycles. The van der Waals surface area contributed by atoms with Crippen LogP contribution in [0.4, 0.5) is 23.7 Å². The Bertz CT molecular complexity index is 1310. The quantitative estimate of drug-likeness (QED) is 0.562. The van der Waals surface area contributed by atoms with Crippen LogP contribution in [0.3, 0.4) is 0 Å². The largest absolute Gasteiger partial charge is 0.416 e. The number of sulfonamides is 1. The first-order valence-electron chi connectivity index (χ1n) is 10.5. The van der Waals surface area contributed by atoms with E-state index in [0.717, 1.165) is 17.0 Å². The molecular weight excluding hydrogens is 487 g/mol. The maximum absolute atomic E-state index is 13.8. The zero-order chi connectivity index (χ0) is 25.2. The lowest BCUT2D eigenvalue weighted by Crippen LogP contribution is -2.49. The first-order valence-corrected chi connectivity index (χ1v) is 12.4. The number of carbonyl (C=O) groups excluding carboxylic acids is 1. The van der Waals surface area contributed by atoms with Gasteiger partial charge in [0.1, 0.15) is 0 Å². The molecule has 1 fully saturated rings. The number of alkyl halides is 3. The number of hydrogen-bond donors (Lipinski definition) is 1. The molecule has 0 atom stereocenters. The van der Waals surface area contributed by atoms with Crippen molar-refractivity contribution in [1.82, 2.24) is 29.8 Å². The van der Waals surface area contributed by atoms with Crippen molar-refractivity contribution in [2.75, 3.05) is 37.2 Å². The molecule has 1 N–H and O–H groups in total. The fourth-order valence-corrected chi connectivity index (χ4v) is 4.30. The minimum Gasteiger partial charge on any atom is -0.320 e. The highest BCUT2D eigenvalue weighted by Gasteiger charge is 2.34. The number of nitrogens with one attached hydrogen (secondary N) is 1. The Kier molecular flexibility index (Phi) is 6.76. The molecule has 1 amide bonds. The molecule has 0 saturated carbocycles. The highest BCUT2D eigenvalue weighted by Crippen LogP contribution is 2.35. The molecule has 0 bridgehead atoms. The van der Waals surface area contributed by atoms with Crippen molar-refractivity contribution in [3.63, 3.8) is 0 Å². The van der Waals surface area contributed by atoms with Gasteiger partial charge in [-0.25, -0.2) is 13.2 Å². The van der Waals surface area contributed by atoms with Gasteiger partial charge in [0.25, 0.3) is 0 Å². The Hall–Kier alpha value is -3.52. The number of halogens is 3. The Morgan fingerprint density at radius 3 is 2.51 bits per heavy atom. The SMILES string of the molecule is CS(=O)(=O)Nc1cnn(C(=O)N2CCN(Cc3ccc(-c4cccnn4)cc3C(F)(F)F)CC2)c1. The van der Waals surface area contributed by atoms with Crippen LogP contribution in [0.25, 0.3) is 11.3 Å². The third-order valence-corrected chi connectivity index (χ3v) is 6.01. The second kappa shape index (κ2) is 9.62. The van der Waals surface area contributed by atoms with E-state index in [0.29, 0.717) is 24.3 Å². The summed E-state index contributed by atoms with van der Waals surface area (Å²) in [5.74, 6) is 0. The molecule has 1 aliphatic rings. The number of anilines is 1. The number of rotatable bonds is 5. The van der Waals surface area contributed by atoms with Gasteiger partial charge in [0, 0.05) is 44.5 Å². The van der Waals surface area contributed by atoms with Gasteiger partial charge in [0.15, 0.2) is 0 Å². The van der Waals surface area contributed by atoms with E-state index in [1.807, 2.05) is 4.90 Å². The summed E-state index contributed by atoms with van der Waals surface area (Å²) < 4.78 is 67.3. The predicted molar refractivity (Wildman–Crippen MR) is 121 cm³/mol. The Labute approximate surface area is 199 Å². The predicted octanol–water partition coefficient (Wildman–Crippen LogP) is 2.52. The van der Waals surface area contributed by atoms with E-state index in [2.05, 4.69) is 20.0 Å². The van der Waals surface area contributed by atoms with Crippen LogP contribution in [-0.4, -0.2) is 76.7 Å². The average molecular weight is 510 g/mol. The number of nitrogens with zero attached hydrogens (tertiary/aromatic N) is 6. The van der Waals surface area contributed by atoms with Gasteiger partial charge in [-0.3, -0.25) is 9.62 Å². The van der Waals surface area contributed by atoms with Crippen LogP contribution in [0.2, 0.25) is 0 Å². The lowest BCUT2D eigenvalue weighted by molar-refractivity contribution is -0.138. The number of hydrogen-bond acceptors (Lipinski definition) is 7. The molecule has 1 aliphatic heterocycles. The van der Waals surface area contributed by atoms with E-state index in [1.165, 1.54) is 29.6 Å². The number of carbonyl (C=O) groups is 1. The Morgan fingerprint density at radius 1 is 1.14 bits per heavy atom. The fraction of sp³-hybridized carbons (Fsp3) is 0.333. The minimum atomic E-state index is -4.54. The van der Waals surface area contributed by atoms with Crippen LogP contribution in [0.5, 0.6) is 0 Å². The molecule has 186 valence electrons. The van der Waals surface area contributed by atoms with Crippen molar-refractivity contribution in [2.24, 2.45) is 0 Å². The van der Waals surface area contributed by atoms with E-state index >= 15 is 0 Å². The Balaban J connectivity index is 1.42. The number of aromatic nitrogens is 4. The van der Waals surface area contributed by atoms with Crippen molar-refractivity contribution >= 4 is 21.7 Å². The molecule has 1 saturated heterocycles. The van der Waals surface area contributed by atoms with Crippen molar-refractivity contribution in [3.8, 4) is 11.3 Å². The van der Waals surface area contributed by atoms with Gasteiger partial charge in [-0.2, -0.15) is 33.1 Å². The van der Waals surface area contributed by atoms with Crippen molar-refractivity contribution in [1.29, 1.82) is 0 Å². The maximum Gasteiger partial charge on any atom is 0.416 e. The van der Waals surface area contributed by atoms with Crippen LogP contribution in [0.15, 0.2) is 48.9 Å². The topological polar surface area (TPSA) is 113 Å². The van der Waals surface area contributed by atoms with Crippen LogP contribution in [0.1, 0.15) is 11.1 Å². The smallest absolute Gasteiger partial charge is 0.320 e. The van der Waals surface area contributed by atoms with Gasteiger partial charge in [-0.15, -0.1) is 0 Å². The third-order valence-electron chi connectivity index (χ3n) is 5.40. The monoisotopic (exact) mass is 509 g/mol. The number of benzene rings is 1. The molecule has 3 aromatic rings. The summed E-state index contributed by atoms with van der Waals surface area (Å²) in [5.41, 5.74) is 0.234. The molecule has 2 aromatic heterocycles. The summed E-state index contributed by atoms with van der Waals surface area (Å²) in [6, 6.07) is 6.88. The number of piperazine rings is 1. The van der Waals surface area contributed by atoms with E-state index in [1.54, 1.807) is 18.2 Å². The molecule has 0 aliphatic carbocycles. The first-order chi connectivity index (χ1) is 16.5. The van der Waals surface area contributed by atoms with Crippen LogP contribution in [-0.2, 0) is 22.7 Å². The van der Waals surface area contributed by atoms with Gasteiger partial charge < -0.3 is 4.90 Å². The van der Waals surface area contributed by atoms with E-state index in [4.69, 9.17) is 0 Å². The summed E-state index contributed by atoms with van der Waals surface area (Å²) in [7, 11) is -3.51. The lowest BCUT2D eigenvalue weighted by Gasteiger charge is -2.34. The van der Waals surface area contributed by atoms with Gasteiger partial charge >= 0.3 is 12.2 Å². The standard InChI is InChI=1S/C21H22F3N7O3S/c1-35(33,34)28-17-12-26-31(14-17)20(32)30-9-7-29(8-10-30)13-16-5-4-15(11-18(16)21(22,23)24)19-3-2-6-25-27-19/h2-6,11-12,14,28H,7-10,13H2,1H3. The highest BCUT2D eigenvalue weighted by atomic mass is 32.2. The molecule has 1 aromatic carbocycles. The molecule has 0 radical (unpaired) electrons. The molecule has 4 rings (SSSR count). The first kappa shape index (κ1) is 24.6. The molecular formula is C21H22F3N7O3S. The molecule has 0 spiro atoms. The fourth-order valence-electron chi connectivity index (χ4n) is 3.77. The summed E-state index contributed by atoms with van der Waals surface area (Å²) >= 11 is 0. The Morgan fingerprint density at radius 2 is 1.89 bits per heavy atom. The van der Waals surface area contributed by atoms with Gasteiger partial charge in [0.05, 0.1) is 35.6 Å². The van der Waals surface area contributed by atoms with Gasteiger partial charge in [-0.05, 0) is 23.8 Å². The highest BCUT2D eigenvalue weighted by molar-refractivity contribution is 7.92. The molecule has 14 heteroatoms. The molecule has 10 nitrogen and oxygen atoms in total. The van der Waals surface area contributed by atoms with E-state index in [-0.39, 0.29) is 30.9 Å². The van der Waals surface area contributed by atoms with Crippen molar-refractivity contribution in [3.05, 3.63) is 60.0 Å². The van der Waals surface area contributed by atoms with Gasteiger partial charge in [-0.1, -0.05) is 12.1 Å². The van der Waals surface area contributed by atoms with Crippen LogP contribution >= 0.6 is 0 Å². The van der Waals surface area contributed by atoms with Crippen molar-refractivity contribution in [2.45, 2.75) is 12.7 Å². The van der Waals surface area contributed by atoms with E-state index < -0.39 is 27.8 Å². The summed E-state index contributed by atoms with van der Waals surface area (Å²) in [6.07, 6.45) is 0.384. The van der Waals surface area contributed by atoms with Crippen LogP contribution < -0.4 is 4.72 Å². The number of amides is 1. The van der Waals surface area contributed by atoms with Crippen molar-refractivity contribution < 1.29 is 26.4 Å². The second-order valence-electron chi connectivity index (χ2n) is 8.07. The maximum atomic E-state index is 13.8. The zero-order valence-corrected chi connectivity index (χ0v) is 19.4. The molecule has 35 heavy (non-hydrogen) atoms. The third kappa shape index (κ3) is 6.14.